The first-order chi connectivity index (χ1) is 12.4. The van der Waals surface area contributed by atoms with Gasteiger partial charge in [0.15, 0.2) is 46.5 Å². The summed E-state index contributed by atoms with van der Waals surface area (Å²) in [6.45, 7) is 2.56. The van der Waals surface area contributed by atoms with Crippen LogP contribution in [-0.4, -0.2) is 5.91 Å². The Labute approximate surface area is 145 Å². The molecule has 0 aromatic heterocycles. The summed E-state index contributed by atoms with van der Waals surface area (Å²) in [4.78, 5) is 11.5. The van der Waals surface area contributed by atoms with Gasteiger partial charge in [-0.1, -0.05) is 13.8 Å². The van der Waals surface area contributed by atoms with Gasteiger partial charge in [0.05, 0.1) is 11.1 Å². The molecule has 0 heterocycles. The van der Waals surface area contributed by atoms with Gasteiger partial charge in [-0.15, -0.1) is 0 Å². The summed E-state index contributed by atoms with van der Waals surface area (Å²) in [6.07, 6.45) is 0. The van der Waals surface area contributed by atoms with Crippen molar-refractivity contribution in [2.24, 2.45) is 5.92 Å². The van der Waals surface area contributed by atoms with Crippen LogP contribution < -0.4 is 5.32 Å². The average Bonchev–Trinajstić information content (AvgIpc) is 2.62. The quantitative estimate of drug-likeness (QED) is 0.428. The van der Waals surface area contributed by atoms with E-state index in [9.17, 15) is 44.3 Å². The molecular weight excluding hydrogens is 393 g/mol. The molecule has 0 saturated heterocycles. The molecule has 0 spiro atoms. The molecule has 0 atom stereocenters. The second kappa shape index (κ2) is 7.12. The lowest BCUT2D eigenvalue weighted by Crippen LogP contribution is -2.21. The third-order valence-electron chi connectivity index (χ3n) is 3.50. The van der Waals surface area contributed by atoms with Crippen LogP contribution in [0.4, 0.5) is 45.2 Å². The summed E-state index contributed by atoms with van der Waals surface area (Å²) in [5.74, 6) is -24.6. The number of hydrogen-bond donors (Lipinski definition) is 1. The van der Waals surface area contributed by atoms with Crippen LogP contribution in [0.2, 0.25) is 0 Å². The molecule has 0 aliphatic carbocycles. The predicted octanol–water partition coefficient (Wildman–Crippen LogP) is 5.20. The predicted molar refractivity (Wildman–Crippen MR) is 75.0 cm³/mol. The monoisotopic (exact) mass is 401 g/mol. The van der Waals surface area contributed by atoms with Gasteiger partial charge < -0.3 is 5.32 Å². The normalized spacial score (nSPS) is 11.3. The molecule has 0 unspecified atom stereocenters. The van der Waals surface area contributed by atoms with Crippen LogP contribution in [0.15, 0.2) is 0 Å². The third-order valence-corrected chi connectivity index (χ3v) is 3.50. The minimum atomic E-state index is -2.65. The van der Waals surface area contributed by atoms with Crippen molar-refractivity contribution < 1.29 is 44.3 Å². The van der Waals surface area contributed by atoms with Crippen molar-refractivity contribution in [2.75, 3.05) is 5.32 Å². The van der Waals surface area contributed by atoms with Crippen LogP contribution in [-0.2, 0) is 4.79 Å². The summed E-state index contributed by atoms with van der Waals surface area (Å²) in [5.41, 5.74) is -5.96. The fourth-order valence-corrected chi connectivity index (χ4v) is 2.05. The molecule has 2 rings (SSSR count). The topological polar surface area (TPSA) is 29.1 Å². The maximum Gasteiger partial charge on any atom is 0.227 e. The number of rotatable bonds is 3. The van der Waals surface area contributed by atoms with Crippen LogP contribution in [0, 0.1) is 58.3 Å². The number of benzene rings is 2. The first kappa shape index (κ1) is 20.6. The van der Waals surface area contributed by atoms with Gasteiger partial charge in [0.1, 0.15) is 5.69 Å². The van der Waals surface area contributed by atoms with Crippen molar-refractivity contribution in [3.63, 3.8) is 0 Å². The number of nitrogens with one attached hydrogen (secondary N) is 1. The van der Waals surface area contributed by atoms with E-state index in [2.05, 4.69) is 0 Å². The molecule has 0 aliphatic rings. The van der Waals surface area contributed by atoms with E-state index >= 15 is 0 Å². The van der Waals surface area contributed by atoms with Crippen LogP contribution in [0.5, 0.6) is 0 Å². The van der Waals surface area contributed by atoms with Gasteiger partial charge in [-0.3, -0.25) is 4.79 Å². The van der Waals surface area contributed by atoms with E-state index in [4.69, 9.17) is 0 Å². The molecule has 146 valence electrons. The molecule has 2 nitrogen and oxygen atoms in total. The number of amides is 1. The van der Waals surface area contributed by atoms with Crippen molar-refractivity contribution in [1.29, 1.82) is 0 Å². The second-order valence-electron chi connectivity index (χ2n) is 5.59. The first-order valence-corrected chi connectivity index (χ1v) is 7.10. The van der Waals surface area contributed by atoms with Gasteiger partial charge in [0, 0.05) is 5.92 Å². The van der Waals surface area contributed by atoms with Crippen molar-refractivity contribution in [3.8, 4) is 11.1 Å². The highest BCUT2D eigenvalue weighted by Gasteiger charge is 2.34. The van der Waals surface area contributed by atoms with Crippen LogP contribution >= 0.6 is 0 Å². The maximum atomic E-state index is 14.2. The van der Waals surface area contributed by atoms with Gasteiger partial charge in [0.25, 0.3) is 0 Å². The van der Waals surface area contributed by atoms with Crippen molar-refractivity contribution >= 4 is 11.6 Å². The van der Waals surface area contributed by atoms with Gasteiger partial charge in [-0.05, 0) is 0 Å². The highest BCUT2D eigenvalue weighted by molar-refractivity contribution is 5.92. The van der Waals surface area contributed by atoms with E-state index in [0.717, 1.165) is 0 Å². The summed E-state index contributed by atoms with van der Waals surface area (Å²) in [7, 11) is 0. The molecule has 0 aliphatic heterocycles. The van der Waals surface area contributed by atoms with Gasteiger partial charge in [-0.25, -0.2) is 39.5 Å². The van der Waals surface area contributed by atoms with Crippen molar-refractivity contribution in [3.05, 3.63) is 52.4 Å². The molecule has 11 heteroatoms. The lowest BCUT2D eigenvalue weighted by atomic mass is 10.0. The average molecular weight is 401 g/mol. The van der Waals surface area contributed by atoms with E-state index in [0.29, 0.717) is 0 Å². The minimum Gasteiger partial charge on any atom is -0.321 e. The molecule has 0 radical (unpaired) electrons. The van der Waals surface area contributed by atoms with E-state index in [-0.39, 0.29) is 0 Å². The number of hydrogen-bond acceptors (Lipinski definition) is 1. The van der Waals surface area contributed by atoms with E-state index in [1.165, 1.54) is 19.2 Å². The van der Waals surface area contributed by atoms with E-state index in [1.54, 1.807) is 0 Å². The molecule has 1 amide bonds. The molecular formula is C16H8F9NO. The zero-order valence-electron chi connectivity index (χ0n) is 13.4. The Morgan fingerprint density at radius 3 is 1.22 bits per heavy atom. The Morgan fingerprint density at radius 1 is 0.593 bits per heavy atom. The maximum absolute atomic E-state index is 14.2. The highest BCUT2D eigenvalue weighted by Crippen LogP contribution is 2.39. The SMILES string of the molecule is CC(C)C(=O)Nc1c(F)c(F)c(-c2c(F)c(F)c(F)c(F)c2F)c(F)c1F. The van der Waals surface area contributed by atoms with Gasteiger partial charge in [0.2, 0.25) is 11.7 Å². The van der Waals surface area contributed by atoms with Gasteiger partial charge in [-0.2, -0.15) is 0 Å². The molecule has 2 aromatic rings. The van der Waals surface area contributed by atoms with Crippen LogP contribution in [0.3, 0.4) is 0 Å². The van der Waals surface area contributed by atoms with E-state index in [1.807, 2.05) is 0 Å². The number of halogens is 9. The van der Waals surface area contributed by atoms with Crippen LogP contribution in [0.1, 0.15) is 13.8 Å². The Hall–Kier alpha value is -2.72. The number of anilines is 1. The minimum absolute atomic E-state index is 0.871. The first-order valence-electron chi connectivity index (χ1n) is 7.10. The smallest absolute Gasteiger partial charge is 0.227 e. The standard InChI is InChI=1S/C16H8F9NO/c1-3(2)16(27)26-15-13(24)8(19)5(9(20)14(15)25)4-6(17)10(21)12(23)11(22)7(4)18/h3H,1-2H3,(H,26,27). The number of carbonyl (C=O) groups is 1. The lowest BCUT2D eigenvalue weighted by Gasteiger charge is -2.15. The molecule has 0 fully saturated rings. The number of carbonyl (C=O) groups excluding carboxylic acids is 1. The molecule has 1 N–H and O–H groups in total. The molecule has 0 bridgehead atoms. The fraction of sp³-hybridized carbons (Fsp3) is 0.188. The Kier molecular flexibility index (Phi) is 5.43. The molecule has 2 aromatic carbocycles. The lowest BCUT2D eigenvalue weighted by molar-refractivity contribution is -0.118. The summed E-state index contributed by atoms with van der Waals surface area (Å²) >= 11 is 0. The zero-order valence-corrected chi connectivity index (χ0v) is 13.4. The highest BCUT2D eigenvalue weighted by atomic mass is 19.2. The molecule has 27 heavy (non-hydrogen) atoms. The Morgan fingerprint density at radius 2 is 0.889 bits per heavy atom. The summed E-state index contributed by atoms with van der Waals surface area (Å²) in [5, 5.41) is 1.53. The van der Waals surface area contributed by atoms with Crippen molar-refractivity contribution in [1.82, 2.24) is 0 Å². The van der Waals surface area contributed by atoms with Crippen molar-refractivity contribution in [2.45, 2.75) is 13.8 Å². The fourth-order valence-electron chi connectivity index (χ4n) is 2.05. The van der Waals surface area contributed by atoms with Gasteiger partial charge >= 0.3 is 0 Å². The Bertz CT molecular complexity index is 898. The zero-order chi connectivity index (χ0) is 20.8. The second-order valence-corrected chi connectivity index (χ2v) is 5.59. The third kappa shape index (κ3) is 3.21. The Balaban J connectivity index is 2.85. The van der Waals surface area contributed by atoms with Crippen LogP contribution in [0.25, 0.3) is 11.1 Å². The van der Waals surface area contributed by atoms with E-state index < -0.39 is 81.0 Å². The summed E-state index contributed by atoms with van der Waals surface area (Å²) in [6, 6.07) is 0. The molecule has 0 saturated carbocycles. The largest absolute Gasteiger partial charge is 0.321 e. The summed E-state index contributed by atoms with van der Waals surface area (Å²) < 4.78 is 123.